The molecule has 20 heavy (non-hydrogen) atoms. The fraction of sp³-hybridized carbons (Fsp3) is 0.714. The van der Waals surface area contributed by atoms with Gasteiger partial charge in [0.05, 0.1) is 18.3 Å². The summed E-state index contributed by atoms with van der Waals surface area (Å²) >= 11 is 0. The van der Waals surface area contributed by atoms with Crippen LogP contribution in [0.15, 0.2) is 12.3 Å². The molecule has 0 radical (unpaired) electrons. The van der Waals surface area contributed by atoms with Gasteiger partial charge in [-0.05, 0) is 26.3 Å². The van der Waals surface area contributed by atoms with Gasteiger partial charge in [-0.25, -0.2) is 4.98 Å². The smallest absolute Gasteiger partial charge is 0.227 e. The van der Waals surface area contributed by atoms with E-state index < -0.39 is 0 Å². The van der Waals surface area contributed by atoms with E-state index in [9.17, 15) is 5.11 Å². The van der Waals surface area contributed by atoms with Gasteiger partial charge in [0, 0.05) is 32.4 Å². The Morgan fingerprint density at radius 2 is 1.95 bits per heavy atom. The maximum Gasteiger partial charge on any atom is 0.227 e. The zero-order valence-corrected chi connectivity index (χ0v) is 12.1. The van der Waals surface area contributed by atoms with Crippen LogP contribution in [0.5, 0.6) is 0 Å². The normalized spacial score (nSPS) is 30.9. The third-order valence-electron chi connectivity index (χ3n) is 3.82. The Kier molecular flexibility index (Phi) is 3.76. The Morgan fingerprint density at radius 1 is 1.20 bits per heavy atom. The molecule has 0 bridgehead atoms. The van der Waals surface area contributed by atoms with Crippen molar-refractivity contribution in [3.8, 4) is 0 Å². The van der Waals surface area contributed by atoms with Crippen LogP contribution in [-0.2, 0) is 4.74 Å². The molecule has 1 N–H and O–H groups in total. The van der Waals surface area contributed by atoms with E-state index in [4.69, 9.17) is 4.74 Å². The van der Waals surface area contributed by atoms with Gasteiger partial charge in [-0.1, -0.05) is 0 Å². The van der Waals surface area contributed by atoms with Crippen molar-refractivity contribution in [1.29, 1.82) is 0 Å². The number of morpholine rings is 1. The van der Waals surface area contributed by atoms with Crippen molar-refractivity contribution in [2.45, 2.75) is 38.6 Å². The topological polar surface area (TPSA) is 61.7 Å². The van der Waals surface area contributed by atoms with E-state index in [-0.39, 0.29) is 18.3 Å². The number of hydrogen-bond donors (Lipinski definition) is 1. The van der Waals surface area contributed by atoms with Crippen LogP contribution in [-0.4, -0.2) is 59.6 Å². The number of aliphatic hydroxyl groups excluding tert-OH is 1. The largest absolute Gasteiger partial charge is 0.391 e. The summed E-state index contributed by atoms with van der Waals surface area (Å²) < 4.78 is 5.74. The van der Waals surface area contributed by atoms with Crippen molar-refractivity contribution in [2.75, 3.05) is 36.0 Å². The predicted molar refractivity (Wildman–Crippen MR) is 77.1 cm³/mol. The molecule has 3 atom stereocenters. The molecule has 0 aliphatic carbocycles. The van der Waals surface area contributed by atoms with Gasteiger partial charge in [0.15, 0.2) is 0 Å². The number of rotatable bonds is 2. The highest BCUT2D eigenvalue weighted by Crippen LogP contribution is 2.22. The van der Waals surface area contributed by atoms with E-state index in [1.807, 2.05) is 6.07 Å². The second kappa shape index (κ2) is 5.54. The summed E-state index contributed by atoms with van der Waals surface area (Å²) in [6, 6.07) is 1.91. The highest BCUT2D eigenvalue weighted by Gasteiger charge is 2.26. The van der Waals surface area contributed by atoms with Crippen LogP contribution in [0.2, 0.25) is 0 Å². The van der Waals surface area contributed by atoms with Crippen molar-refractivity contribution in [3.05, 3.63) is 12.3 Å². The highest BCUT2D eigenvalue weighted by molar-refractivity contribution is 5.45. The summed E-state index contributed by atoms with van der Waals surface area (Å²) in [6.07, 6.45) is 2.76. The van der Waals surface area contributed by atoms with Gasteiger partial charge in [0.2, 0.25) is 5.95 Å². The zero-order chi connectivity index (χ0) is 14.1. The van der Waals surface area contributed by atoms with Crippen molar-refractivity contribution in [3.63, 3.8) is 0 Å². The number of anilines is 2. The van der Waals surface area contributed by atoms with Gasteiger partial charge in [-0.3, -0.25) is 0 Å². The van der Waals surface area contributed by atoms with Crippen LogP contribution in [0, 0.1) is 0 Å². The first-order chi connectivity index (χ1) is 9.61. The van der Waals surface area contributed by atoms with Crippen molar-refractivity contribution in [1.82, 2.24) is 9.97 Å². The Morgan fingerprint density at radius 3 is 2.60 bits per heavy atom. The van der Waals surface area contributed by atoms with Gasteiger partial charge in [0.25, 0.3) is 0 Å². The second-order valence-electron chi connectivity index (χ2n) is 5.77. The molecule has 6 heteroatoms. The van der Waals surface area contributed by atoms with Gasteiger partial charge in [-0.2, -0.15) is 4.98 Å². The van der Waals surface area contributed by atoms with Crippen LogP contribution < -0.4 is 9.80 Å². The molecule has 2 fully saturated rings. The van der Waals surface area contributed by atoms with Gasteiger partial charge < -0.3 is 19.6 Å². The fourth-order valence-electron chi connectivity index (χ4n) is 2.96. The minimum absolute atomic E-state index is 0.194. The van der Waals surface area contributed by atoms with E-state index in [0.717, 1.165) is 37.8 Å². The maximum absolute atomic E-state index is 9.64. The summed E-state index contributed by atoms with van der Waals surface area (Å²) in [7, 11) is 0. The van der Waals surface area contributed by atoms with E-state index in [2.05, 4.69) is 33.6 Å². The lowest BCUT2D eigenvalue weighted by Crippen LogP contribution is -2.46. The summed E-state index contributed by atoms with van der Waals surface area (Å²) in [5.74, 6) is 1.66. The molecule has 1 aromatic heterocycles. The molecule has 0 amide bonds. The molecule has 0 spiro atoms. The summed E-state index contributed by atoms with van der Waals surface area (Å²) in [4.78, 5) is 13.3. The van der Waals surface area contributed by atoms with Crippen LogP contribution >= 0.6 is 0 Å². The molecule has 2 saturated heterocycles. The lowest BCUT2D eigenvalue weighted by Gasteiger charge is -2.35. The highest BCUT2D eigenvalue weighted by atomic mass is 16.5. The Hall–Kier alpha value is -1.40. The number of nitrogens with zero attached hydrogens (tertiary/aromatic N) is 4. The SMILES string of the molecule is C[C@@H]1CN(c2nccc(N3CC[C@H](O)C3)n2)C[C@H](C)O1. The lowest BCUT2D eigenvalue weighted by molar-refractivity contribution is -0.00571. The Labute approximate surface area is 119 Å². The molecule has 6 nitrogen and oxygen atoms in total. The van der Waals surface area contributed by atoms with Gasteiger partial charge in [0.1, 0.15) is 5.82 Å². The average Bonchev–Trinajstić information content (AvgIpc) is 2.85. The number of ether oxygens (including phenoxy) is 1. The minimum atomic E-state index is -0.239. The first-order valence-corrected chi connectivity index (χ1v) is 7.28. The number of aliphatic hydroxyl groups is 1. The molecule has 3 rings (SSSR count). The first kappa shape index (κ1) is 13.6. The molecule has 0 aromatic carbocycles. The molecule has 1 aromatic rings. The molecule has 2 aliphatic heterocycles. The van der Waals surface area contributed by atoms with E-state index in [0.29, 0.717) is 6.54 Å². The predicted octanol–water partition coefficient (Wildman–Crippen LogP) is 0.661. The molecule has 0 saturated carbocycles. The summed E-state index contributed by atoms with van der Waals surface area (Å²) in [5.41, 5.74) is 0. The van der Waals surface area contributed by atoms with Crippen LogP contribution in [0.25, 0.3) is 0 Å². The van der Waals surface area contributed by atoms with E-state index in [1.165, 1.54) is 0 Å². The Bertz CT molecular complexity index is 460. The number of hydrogen-bond acceptors (Lipinski definition) is 6. The number of β-amino-alcohol motifs (C(OH)–C–C–N with tert-alkyl or cyclic N) is 1. The van der Waals surface area contributed by atoms with Crippen LogP contribution in [0.3, 0.4) is 0 Å². The van der Waals surface area contributed by atoms with Crippen molar-refractivity contribution in [2.24, 2.45) is 0 Å². The van der Waals surface area contributed by atoms with Crippen LogP contribution in [0.1, 0.15) is 20.3 Å². The van der Waals surface area contributed by atoms with Crippen molar-refractivity contribution < 1.29 is 9.84 Å². The second-order valence-corrected chi connectivity index (χ2v) is 5.77. The molecule has 2 aliphatic rings. The summed E-state index contributed by atoms with van der Waals surface area (Å²) in [5, 5.41) is 9.64. The molecule has 0 unspecified atom stereocenters. The average molecular weight is 278 g/mol. The maximum atomic E-state index is 9.64. The zero-order valence-electron chi connectivity index (χ0n) is 12.1. The Balaban J connectivity index is 1.77. The minimum Gasteiger partial charge on any atom is -0.391 e. The molecular formula is C14H22N4O2. The molecular weight excluding hydrogens is 256 g/mol. The molecule has 110 valence electrons. The monoisotopic (exact) mass is 278 g/mol. The van der Waals surface area contributed by atoms with E-state index >= 15 is 0 Å². The first-order valence-electron chi connectivity index (χ1n) is 7.28. The standard InChI is InChI=1S/C14H22N4O2/c1-10-7-18(8-11(2)20-10)14-15-5-3-13(16-14)17-6-4-12(19)9-17/h3,5,10-12,19H,4,6-9H2,1-2H3/t10-,11+,12-/m0/s1. The van der Waals surface area contributed by atoms with Crippen LogP contribution in [0.4, 0.5) is 11.8 Å². The van der Waals surface area contributed by atoms with Gasteiger partial charge in [-0.15, -0.1) is 0 Å². The number of aromatic nitrogens is 2. The third kappa shape index (κ3) is 2.86. The summed E-state index contributed by atoms with van der Waals surface area (Å²) in [6.45, 7) is 7.29. The third-order valence-corrected chi connectivity index (χ3v) is 3.82. The fourth-order valence-corrected chi connectivity index (χ4v) is 2.96. The van der Waals surface area contributed by atoms with E-state index in [1.54, 1.807) is 6.20 Å². The van der Waals surface area contributed by atoms with Crippen molar-refractivity contribution >= 4 is 11.8 Å². The molecule has 3 heterocycles. The van der Waals surface area contributed by atoms with Gasteiger partial charge >= 0.3 is 0 Å². The quantitative estimate of drug-likeness (QED) is 0.857. The lowest BCUT2D eigenvalue weighted by atomic mass is 10.2.